The van der Waals surface area contributed by atoms with E-state index in [1.807, 2.05) is 4.90 Å². The minimum Gasteiger partial charge on any atom is -0.453 e. The fraction of sp³-hybridized carbons (Fsp3) is 0.318. The van der Waals surface area contributed by atoms with Gasteiger partial charge < -0.3 is 14.1 Å². The van der Waals surface area contributed by atoms with Gasteiger partial charge in [-0.25, -0.2) is 0 Å². The Morgan fingerprint density at radius 3 is 2.59 bits per heavy atom. The van der Waals surface area contributed by atoms with E-state index in [2.05, 4.69) is 47.4 Å². The Bertz CT molecular complexity index is 921. The van der Waals surface area contributed by atoms with Crippen LogP contribution in [0.2, 0.25) is 0 Å². The number of carbonyl (C=O) groups excluding carboxylic acids is 1. The molecule has 0 atom stereocenters. The smallest absolute Gasteiger partial charge is 0.289 e. The van der Waals surface area contributed by atoms with Crippen LogP contribution in [0.5, 0.6) is 0 Å². The van der Waals surface area contributed by atoms with E-state index in [1.54, 1.807) is 19.2 Å². The maximum Gasteiger partial charge on any atom is 0.289 e. The molecule has 0 radical (unpaired) electrons. The molecule has 1 saturated heterocycles. The molecular weight excluding hydrogens is 340 g/mol. The third-order valence-electron chi connectivity index (χ3n) is 5.09. The normalized spacial score (nSPS) is 15.4. The third kappa shape index (κ3) is 3.89. The summed E-state index contributed by atoms with van der Waals surface area (Å²) in [6, 6.07) is 18.5. The number of benzene rings is 2. The van der Waals surface area contributed by atoms with Gasteiger partial charge in [0.05, 0.1) is 0 Å². The predicted octanol–water partition coefficient (Wildman–Crippen LogP) is 3.54. The first-order valence-corrected chi connectivity index (χ1v) is 9.30. The van der Waals surface area contributed by atoms with Crippen LogP contribution in [0.15, 0.2) is 59.0 Å². The molecule has 1 aliphatic heterocycles. The van der Waals surface area contributed by atoms with Gasteiger partial charge in [0.15, 0.2) is 5.76 Å². The first-order valence-electron chi connectivity index (χ1n) is 9.30. The number of fused-ring (bicyclic) bond motifs is 1. The van der Waals surface area contributed by atoms with Crippen molar-refractivity contribution < 1.29 is 13.9 Å². The van der Waals surface area contributed by atoms with Crippen LogP contribution in [-0.4, -0.2) is 49.0 Å². The number of amides is 1. The van der Waals surface area contributed by atoms with Crippen LogP contribution in [0.4, 0.5) is 0 Å². The molecule has 0 aliphatic carbocycles. The zero-order valence-corrected chi connectivity index (χ0v) is 15.6. The topological polar surface area (TPSA) is 45.9 Å². The maximum atomic E-state index is 12.6. The average Bonchev–Trinajstić information content (AvgIpc) is 3.17. The summed E-state index contributed by atoms with van der Waals surface area (Å²) in [6.45, 7) is 4.43. The lowest BCUT2D eigenvalue weighted by Gasteiger charge is -2.34. The van der Waals surface area contributed by atoms with Crippen LogP contribution in [0, 0.1) is 0 Å². The van der Waals surface area contributed by atoms with Gasteiger partial charge in [-0.2, -0.15) is 0 Å². The lowest BCUT2D eigenvalue weighted by atomic mass is 10.0. The Balaban J connectivity index is 1.37. The summed E-state index contributed by atoms with van der Waals surface area (Å²) in [7, 11) is 1.61. The zero-order chi connectivity index (χ0) is 18.6. The van der Waals surface area contributed by atoms with Crippen molar-refractivity contribution >= 4 is 16.7 Å². The predicted molar refractivity (Wildman–Crippen MR) is 105 cm³/mol. The van der Waals surface area contributed by atoms with E-state index in [1.165, 1.54) is 16.3 Å². The number of nitrogens with zero attached hydrogens (tertiary/aromatic N) is 2. The molecule has 27 heavy (non-hydrogen) atoms. The van der Waals surface area contributed by atoms with Gasteiger partial charge in [-0.1, -0.05) is 42.5 Å². The van der Waals surface area contributed by atoms with Crippen LogP contribution in [0.1, 0.15) is 21.9 Å². The second-order valence-corrected chi connectivity index (χ2v) is 6.91. The Kier molecular flexibility index (Phi) is 5.23. The quantitative estimate of drug-likeness (QED) is 0.695. The number of ether oxygens (including phenoxy) is 1. The molecule has 140 valence electrons. The highest BCUT2D eigenvalue weighted by Crippen LogP contribution is 2.21. The zero-order valence-electron chi connectivity index (χ0n) is 15.6. The highest BCUT2D eigenvalue weighted by atomic mass is 16.5. The van der Waals surface area contributed by atoms with Gasteiger partial charge in [-0.15, -0.1) is 0 Å². The number of piperazine rings is 1. The lowest BCUT2D eigenvalue weighted by molar-refractivity contribution is 0.0592. The number of methoxy groups -OCH3 is 1. The van der Waals surface area contributed by atoms with Crippen LogP contribution in [-0.2, 0) is 17.9 Å². The van der Waals surface area contributed by atoms with Gasteiger partial charge in [0.25, 0.3) is 5.91 Å². The van der Waals surface area contributed by atoms with Crippen molar-refractivity contribution in [1.82, 2.24) is 9.80 Å². The van der Waals surface area contributed by atoms with Crippen molar-refractivity contribution in [2.75, 3.05) is 33.3 Å². The molecule has 1 amide bonds. The van der Waals surface area contributed by atoms with Gasteiger partial charge in [-0.3, -0.25) is 9.69 Å². The molecule has 5 nitrogen and oxygen atoms in total. The molecule has 5 heteroatoms. The maximum absolute atomic E-state index is 12.6. The van der Waals surface area contributed by atoms with E-state index in [0.29, 0.717) is 31.2 Å². The summed E-state index contributed by atoms with van der Waals surface area (Å²) in [5, 5.41) is 2.58. The fourth-order valence-electron chi connectivity index (χ4n) is 3.65. The molecule has 0 bridgehead atoms. The first kappa shape index (κ1) is 17.8. The first-order chi connectivity index (χ1) is 13.2. The van der Waals surface area contributed by atoms with E-state index in [0.717, 1.165) is 19.6 Å². The van der Waals surface area contributed by atoms with Crippen molar-refractivity contribution in [3.05, 3.63) is 71.7 Å². The molecule has 1 fully saturated rings. The van der Waals surface area contributed by atoms with E-state index >= 15 is 0 Å². The molecule has 4 rings (SSSR count). The molecule has 3 aromatic rings. The summed E-state index contributed by atoms with van der Waals surface area (Å²) in [6.07, 6.45) is 0. The Labute approximate surface area is 159 Å². The van der Waals surface area contributed by atoms with Crippen LogP contribution >= 0.6 is 0 Å². The molecule has 0 N–H and O–H groups in total. The molecule has 1 aromatic heterocycles. The standard InChI is InChI=1S/C22H24N2O3/c1-26-16-19-9-10-21(27-19)22(25)24-13-11-23(12-14-24)15-18-7-4-6-17-5-2-3-8-20(17)18/h2-10H,11-16H2,1H3. The molecule has 2 aromatic carbocycles. The largest absolute Gasteiger partial charge is 0.453 e. The number of hydrogen-bond acceptors (Lipinski definition) is 4. The summed E-state index contributed by atoms with van der Waals surface area (Å²) in [5.74, 6) is 1.03. The van der Waals surface area contributed by atoms with Crippen molar-refractivity contribution in [2.24, 2.45) is 0 Å². The van der Waals surface area contributed by atoms with Crippen LogP contribution in [0.25, 0.3) is 10.8 Å². The lowest BCUT2D eigenvalue weighted by Crippen LogP contribution is -2.48. The SMILES string of the molecule is COCc1ccc(C(=O)N2CCN(Cc3cccc4ccccc34)CC2)o1. The third-order valence-corrected chi connectivity index (χ3v) is 5.09. The number of carbonyl (C=O) groups is 1. The van der Waals surface area contributed by atoms with Gasteiger partial charge in [-0.05, 0) is 28.5 Å². The number of rotatable bonds is 5. The van der Waals surface area contributed by atoms with Gasteiger partial charge in [0.1, 0.15) is 12.4 Å². The van der Waals surface area contributed by atoms with E-state index < -0.39 is 0 Å². The van der Waals surface area contributed by atoms with Crippen molar-refractivity contribution in [3.63, 3.8) is 0 Å². The monoisotopic (exact) mass is 364 g/mol. The minimum absolute atomic E-state index is 0.0397. The van der Waals surface area contributed by atoms with Crippen LogP contribution < -0.4 is 0 Å². The van der Waals surface area contributed by atoms with Gasteiger partial charge in [0, 0.05) is 39.8 Å². The molecule has 0 spiro atoms. The van der Waals surface area contributed by atoms with E-state index in [-0.39, 0.29) is 5.91 Å². The van der Waals surface area contributed by atoms with Crippen molar-refractivity contribution in [2.45, 2.75) is 13.2 Å². The second kappa shape index (κ2) is 7.94. The molecular formula is C22H24N2O3. The Hall–Kier alpha value is -2.63. The summed E-state index contributed by atoms with van der Waals surface area (Å²) in [5.41, 5.74) is 1.34. The molecule has 1 aliphatic rings. The van der Waals surface area contributed by atoms with Crippen LogP contribution in [0.3, 0.4) is 0 Å². The van der Waals surface area contributed by atoms with E-state index in [9.17, 15) is 4.79 Å². The van der Waals surface area contributed by atoms with Crippen molar-refractivity contribution in [3.8, 4) is 0 Å². The second-order valence-electron chi connectivity index (χ2n) is 6.91. The van der Waals surface area contributed by atoms with E-state index in [4.69, 9.17) is 9.15 Å². The summed E-state index contributed by atoms with van der Waals surface area (Å²) in [4.78, 5) is 16.9. The minimum atomic E-state index is -0.0397. The number of furan rings is 1. The van der Waals surface area contributed by atoms with Gasteiger partial charge >= 0.3 is 0 Å². The number of hydrogen-bond donors (Lipinski definition) is 0. The highest BCUT2D eigenvalue weighted by molar-refractivity contribution is 5.91. The molecule has 0 saturated carbocycles. The highest BCUT2D eigenvalue weighted by Gasteiger charge is 2.24. The Morgan fingerprint density at radius 2 is 1.78 bits per heavy atom. The average molecular weight is 364 g/mol. The molecule has 2 heterocycles. The summed E-state index contributed by atoms with van der Waals surface area (Å²) >= 11 is 0. The van der Waals surface area contributed by atoms with Crippen molar-refractivity contribution in [1.29, 1.82) is 0 Å². The molecule has 0 unspecified atom stereocenters. The van der Waals surface area contributed by atoms with Gasteiger partial charge in [0.2, 0.25) is 0 Å². The summed E-state index contributed by atoms with van der Waals surface area (Å²) < 4.78 is 10.6. The fourth-order valence-corrected chi connectivity index (χ4v) is 3.65. The Morgan fingerprint density at radius 1 is 1.00 bits per heavy atom.